The second-order valence-electron chi connectivity index (χ2n) is 7.47. The zero-order valence-corrected chi connectivity index (χ0v) is 17.0. The second kappa shape index (κ2) is 7.89. The van der Waals surface area contributed by atoms with Crippen LogP contribution >= 0.6 is 0 Å². The van der Waals surface area contributed by atoms with Gasteiger partial charge in [-0.2, -0.15) is 5.26 Å². The summed E-state index contributed by atoms with van der Waals surface area (Å²) in [6, 6.07) is 26.5. The molecule has 1 fully saturated rings. The topological polar surface area (TPSA) is 78.1 Å². The van der Waals surface area contributed by atoms with Gasteiger partial charge >= 0.3 is 0 Å². The zero-order chi connectivity index (χ0) is 22.1. The Hall–Kier alpha value is -4.63. The Labute approximate surface area is 184 Å². The fourth-order valence-corrected chi connectivity index (χ4v) is 3.94. The van der Waals surface area contributed by atoms with Crippen LogP contribution in [0.5, 0.6) is 0 Å². The third-order valence-electron chi connectivity index (χ3n) is 5.50. The third-order valence-corrected chi connectivity index (χ3v) is 5.50. The number of hydrogen-bond acceptors (Lipinski definition) is 3. The van der Waals surface area contributed by atoms with E-state index in [1.54, 1.807) is 24.3 Å². The number of carbonyl (C=O) groups excluding carboxylic acids is 2. The molecule has 0 bridgehead atoms. The van der Waals surface area contributed by atoms with Crippen molar-refractivity contribution < 1.29 is 9.59 Å². The lowest BCUT2D eigenvalue weighted by molar-refractivity contribution is -0.117. The SMILES string of the molecule is N#Cc1ccccc1Cn1cc(/C=C2/C(=O)NN(c3ccccc3)C2=O)c2ccccc21. The molecule has 1 aromatic heterocycles. The number of amides is 2. The molecule has 2 heterocycles. The molecule has 0 atom stereocenters. The van der Waals surface area contributed by atoms with Crippen LogP contribution < -0.4 is 10.4 Å². The summed E-state index contributed by atoms with van der Waals surface area (Å²) in [5, 5.41) is 11.6. The number of nitrogens with one attached hydrogen (secondary N) is 1. The van der Waals surface area contributed by atoms with E-state index < -0.39 is 11.8 Å². The van der Waals surface area contributed by atoms with Gasteiger partial charge < -0.3 is 4.57 Å². The standard InChI is InChI=1S/C26H18N4O2/c27-15-18-8-4-5-9-19(18)16-29-17-20(22-12-6-7-13-24(22)29)14-23-25(31)28-30(26(23)32)21-10-2-1-3-11-21/h1-14,17H,16H2,(H,28,31)/b23-14-. The largest absolute Gasteiger partial charge is 0.342 e. The van der Waals surface area contributed by atoms with Crippen molar-refractivity contribution in [1.82, 2.24) is 9.99 Å². The van der Waals surface area contributed by atoms with Gasteiger partial charge in [0.15, 0.2) is 0 Å². The molecule has 3 aromatic carbocycles. The smallest absolute Gasteiger partial charge is 0.282 e. The number of hydrazine groups is 1. The zero-order valence-electron chi connectivity index (χ0n) is 17.0. The highest BCUT2D eigenvalue weighted by atomic mass is 16.2. The van der Waals surface area contributed by atoms with Gasteiger partial charge in [0.1, 0.15) is 5.57 Å². The minimum Gasteiger partial charge on any atom is -0.342 e. The Kier molecular flexibility index (Phi) is 4.77. The molecule has 2 amide bonds. The van der Waals surface area contributed by atoms with Crippen molar-refractivity contribution in [1.29, 1.82) is 5.26 Å². The van der Waals surface area contributed by atoms with Crippen molar-refractivity contribution in [3.05, 3.63) is 107 Å². The maximum absolute atomic E-state index is 13.0. The Morgan fingerprint density at radius 3 is 2.44 bits per heavy atom. The van der Waals surface area contributed by atoms with E-state index in [4.69, 9.17) is 0 Å². The average molecular weight is 418 g/mol. The molecule has 5 rings (SSSR count). The van der Waals surface area contributed by atoms with Gasteiger partial charge in [0.05, 0.1) is 17.3 Å². The van der Waals surface area contributed by atoms with Gasteiger partial charge in [-0.15, -0.1) is 0 Å². The average Bonchev–Trinajstić information content (AvgIpc) is 3.32. The molecule has 0 saturated carbocycles. The molecule has 0 aliphatic carbocycles. The van der Waals surface area contributed by atoms with E-state index in [2.05, 4.69) is 11.5 Å². The van der Waals surface area contributed by atoms with Crippen LogP contribution in [-0.4, -0.2) is 16.4 Å². The highest BCUT2D eigenvalue weighted by Gasteiger charge is 2.34. The fourth-order valence-electron chi connectivity index (χ4n) is 3.94. The first-order chi connectivity index (χ1) is 15.7. The van der Waals surface area contributed by atoms with Gasteiger partial charge in [0, 0.05) is 29.2 Å². The van der Waals surface area contributed by atoms with E-state index in [9.17, 15) is 14.9 Å². The van der Waals surface area contributed by atoms with E-state index >= 15 is 0 Å². The predicted molar refractivity (Wildman–Crippen MR) is 122 cm³/mol. The van der Waals surface area contributed by atoms with Crippen LogP contribution in [0.25, 0.3) is 17.0 Å². The monoisotopic (exact) mass is 418 g/mol. The van der Waals surface area contributed by atoms with Crippen LogP contribution in [0, 0.1) is 11.3 Å². The number of fused-ring (bicyclic) bond motifs is 1. The summed E-state index contributed by atoms with van der Waals surface area (Å²) in [5.41, 5.74) is 6.56. The molecule has 6 heteroatoms. The lowest BCUT2D eigenvalue weighted by atomic mass is 10.1. The van der Waals surface area contributed by atoms with Gasteiger partial charge in [-0.1, -0.05) is 54.6 Å². The quantitative estimate of drug-likeness (QED) is 0.402. The molecule has 32 heavy (non-hydrogen) atoms. The molecule has 0 unspecified atom stereocenters. The molecule has 1 aliphatic heterocycles. The molecule has 1 N–H and O–H groups in total. The molecule has 0 radical (unpaired) electrons. The van der Waals surface area contributed by atoms with Crippen molar-refractivity contribution in [2.75, 3.05) is 5.01 Å². The van der Waals surface area contributed by atoms with Crippen LogP contribution in [0.1, 0.15) is 16.7 Å². The number of para-hydroxylation sites is 2. The molecule has 154 valence electrons. The molecular formula is C26H18N4O2. The summed E-state index contributed by atoms with van der Waals surface area (Å²) in [6.07, 6.45) is 3.55. The fraction of sp³-hybridized carbons (Fsp3) is 0.0385. The normalized spacial score (nSPS) is 14.7. The van der Waals surface area contributed by atoms with Crippen molar-refractivity contribution in [3.8, 4) is 6.07 Å². The number of hydrogen-bond donors (Lipinski definition) is 1. The Morgan fingerprint density at radius 2 is 1.62 bits per heavy atom. The number of benzene rings is 3. The van der Waals surface area contributed by atoms with Gasteiger partial charge in [0.2, 0.25) is 0 Å². The molecule has 6 nitrogen and oxygen atoms in total. The van der Waals surface area contributed by atoms with E-state index in [0.29, 0.717) is 17.8 Å². The van der Waals surface area contributed by atoms with E-state index in [-0.39, 0.29) is 5.57 Å². The maximum Gasteiger partial charge on any atom is 0.282 e. The third kappa shape index (κ3) is 3.32. The summed E-state index contributed by atoms with van der Waals surface area (Å²) in [6.45, 7) is 0.504. The van der Waals surface area contributed by atoms with Crippen molar-refractivity contribution in [2.45, 2.75) is 6.54 Å². The number of nitriles is 1. The molecule has 4 aromatic rings. The van der Waals surface area contributed by atoms with Crippen LogP contribution in [0.3, 0.4) is 0 Å². The van der Waals surface area contributed by atoms with Gasteiger partial charge in [-0.25, -0.2) is 5.01 Å². The summed E-state index contributed by atoms with van der Waals surface area (Å²) in [5.74, 6) is -0.835. The Morgan fingerprint density at radius 1 is 0.906 bits per heavy atom. The van der Waals surface area contributed by atoms with Crippen molar-refractivity contribution in [2.24, 2.45) is 0 Å². The number of carbonyl (C=O) groups is 2. The molecule has 0 spiro atoms. The number of nitrogens with zero attached hydrogens (tertiary/aromatic N) is 3. The highest BCUT2D eigenvalue weighted by Crippen LogP contribution is 2.27. The summed E-state index contributed by atoms with van der Waals surface area (Å²) in [4.78, 5) is 25.6. The van der Waals surface area contributed by atoms with E-state index in [1.165, 1.54) is 5.01 Å². The summed E-state index contributed by atoms with van der Waals surface area (Å²) in [7, 11) is 0. The maximum atomic E-state index is 13.0. The van der Waals surface area contributed by atoms with Crippen LogP contribution in [0.2, 0.25) is 0 Å². The summed E-state index contributed by atoms with van der Waals surface area (Å²) >= 11 is 0. The molecule has 1 saturated heterocycles. The number of rotatable bonds is 4. The minimum atomic E-state index is -0.439. The molecular weight excluding hydrogens is 400 g/mol. The second-order valence-corrected chi connectivity index (χ2v) is 7.47. The summed E-state index contributed by atoms with van der Waals surface area (Å²) < 4.78 is 2.03. The van der Waals surface area contributed by atoms with Crippen LogP contribution in [0.4, 0.5) is 5.69 Å². The van der Waals surface area contributed by atoms with Gasteiger partial charge in [0.25, 0.3) is 11.8 Å². The highest BCUT2D eigenvalue weighted by molar-refractivity contribution is 6.32. The van der Waals surface area contributed by atoms with Crippen LogP contribution in [-0.2, 0) is 16.1 Å². The van der Waals surface area contributed by atoms with Gasteiger partial charge in [-0.3, -0.25) is 15.0 Å². The Balaban J connectivity index is 1.55. The van der Waals surface area contributed by atoms with E-state index in [0.717, 1.165) is 22.0 Å². The first-order valence-electron chi connectivity index (χ1n) is 10.1. The lowest BCUT2D eigenvalue weighted by Gasteiger charge is -2.13. The first kappa shape index (κ1) is 19.3. The Bertz CT molecular complexity index is 1430. The van der Waals surface area contributed by atoms with Gasteiger partial charge in [-0.05, 0) is 35.9 Å². The minimum absolute atomic E-state index is 0.0779. The molecule has 1 aliphatic rings. The first-order valence-corrected chi connectivity index (χ1v) is 10.1. The lowest BCUT2D eigenvalue weighted by Crippen LogP contribution is -2.35. The predicted octanol–water partition coefficient (Wildman–Crippen LogP) is 4.02. The number of aromatic nitrogens is 1. The van der Waals surface area contributed by atoms with Crippen molar-refractivity contribution in [3.63, 3.8) is 0 Å². The van der Waals surface area contributed by atoms with E-state index in [1.807, 2.05) is 71.4 Å². The van der Waals surface area contributed by atoms with Crippen LogP contribution in [0.15, 0.2) is 90.6 Å². The number of anilines is 1. The van der Waals surface area contributed by atoms with Crippen molar-refractivity contribution >= 4 is 34.5 Å².